The van der Waals surface area contributed by atoms with Crippen molar-refractivity contribution in [3.63, 3.8) is 0 Å². The van der Waals surface area contributed by atoms with E-state index in [0.29, 0.717) is 6.04 Å². The number of nitrogens with zero attached hydrogens (tertiary/aromatic N) is 2. The molecule has 1 N–H and O–H groups in total. The zero-order valence-corrected chi connectivity index (χ0v) is 8.62. The third-order valence-corrected chi connectivity index (χ3v) is 2.09. The van der Waals surface area contributed by atoms with Gasteiger partial charge in [0.25, 0.3) is 0 Å². The first-order valence-electron chi connectivity index (χ1n) is 4.72. The fourth-order valence-corrected chi connectivity index (χ4v) is 1.33. The normalized spacial score (nSPS) is 11.6. The molecule has 0 aromatic carbocycles. The Morgan fingerprint density at radius 2 is 2.36 bits per heavy atom. The van der Waals surface area contributed by atoms with Crippen molar-refractivity contribution >= 4 is 0 Å². The molecule has 1 unspecified atom stereocenters. The highest BCUT2D eigenvalue weighted by atomic mass is 15.1. The minimum atomic E-state index is 0.325. The van der Waals surface area contributed by atoms with Gasteiger partial charge in [-0.2, -0.15) is 10.2 Å². The molecule has 0 bridgehead atoms. The van der Waals surface area contributed by atoms with E-state index in [2.05, 4.69) is 27.4 Å². The van der Waals surface area contributed by atoms with E-state index in [9.17, 15) is 0 Å². The van der Waals surface area contributed by atoms with Crippen LogP contribution < -0.4 is 5.32 Å². The summed E-state index contributed by atoms with van der Waals surface area (Å²) in [5, 5.41) is 10.9. The first kappa shape index (κ1) is 10.7. The van der Waals surface area contributed by atoms with Crippen molar-refractivity contribution in [3.05, 3.63) is 24.0 Å². The van der Waals surface area contributed by atoms with Gasteiger partial charge in [-0.05, 0) is 32.0 Å². The van der Waals surface area contributed by atoms with Crippen LogP contribution in [-0.2, 0) is 0 Å². The lowest BCUT2D eigenvalue weighted by molar-refractivity contribution is 0.555. The van der Waals surface area contributed by atoms with E-state index in [0.717, 1.165) is 12.8 Å². The molecular weight excluding hydrogens is 174 g/mol. The van der Waals surface area contributed by atoms with E-state index in [-0.39, 0.29) is 0 Å². The van der Waals surface area contributed by atoms with Crippen molar-refractivity contribution in [1.29, 1.82) is 0 Å². The third-order valence-electron chi connectivity index (χ3n) is 2.09. The number of rotatable bonds is 4. The van der Waals surface area contributed by atoms with Gasteiger partial charge in [-0.1, -0.05) is 0 Å². The summed E-state index contributed by atoms with van der Waals surface area (Å²) in [5.74, 6) is 5.95. The Bertz CT molecular complexity index is 310. The molecule has 1 heterocycles. The van der Waals surface area contributed by atoms with Gasteiger partial charge in [0.15, 0.2) is 0 Å². The van der Waals surface area contributed by atoms with E-state index in [1.54, 1.807) is 12.4 Å². The maximum atomic E-state index is 3.86. The summed E-state index contributed by atoms with van der Waals surface area (Å²) in [7, 11) is 1.95. The van der Waals surface area contributed by atoms with E-state index in [1.807, 2.05) is 20.0 Å². The lowest BCUT2D eigenvalue weighted by atomic mass is 10.1. The molecular formula is C11H15N3. The summed E-state index contributed by atoms with van der Waals surface area (Å²) in [4.78, 5) is 0. The van der Waals surface area contributed by atoms with E-state index in [1.165, 1.54) is 5.56 Å². The van der Waals surface area contributed by atoms with Crippen LogP contribution in [0.4, 0.5) is 0 Å². The lowest BCUT2D eigenvalue weighted by Gasteiger charge is -2.13. The molecule has 0 saturated carbocycles. The van der Waals surface area contributed by atoms with Gasteiger partial charge in [-0.3, -0.25) is 0 Å². The van der Waals surface area contributed by atoms with Gasteiger partial charge in [-0.25, -0.2) is 0 Å². The fraction of sp³-hybridized carbons (Fsp3) is 0.455. The van der Waals surface area contributed by atoms with Crippen LogP contribution in [0.1, 0.15) is 31.4 Å². The summed E-state index contributed by atoms with van der Waals surface area (Å²) in [6.45, 7) is 1.86. The summed E-state index contributed by atoms with van der Waals surface area (Å²) in [6, 6.07) is 2.31. The van der Waals surface area contributed by atoms with Gasteiger partial charge in [-0.15, -0.1) is 11.8 Å². The van der Waals surface area contributed by atoms with Crippen molar-refractivity contribution < 1.29 is 0 Å². The van der Waals surface area contributed by atoms with E-state index in [4.69, 9.17) is 0 Å². The molecule has 3 nitrogen and oxygen atoms in total. The molecule has 1 rings (SSSR count). The zero-order chi connectivity index (χ0) is 10.2. The second-order valence-corrected chi connectivity index (χ2v) is 2.98. The minimum Gasteiger partial charge on any atom is -0.313 e. The van der Waals surface area contributed by atoms with Crippen LogP contribution in [0, 0.1) is 11.8 Å². The number of nitrogens with one attached hydrogen (secondary N) is 1. The standard InChI is InChI=1S/C11H15N3/c1-3-4-5-6-11(12-2)10-7-8-13-14-9-10/h7-9,11-12H,5-6H2,1-2H3. The Morgan fingerprint density at radius 1 is 1.50 bits per heavy atom. The molecule has 0 radical (unpaired) electrons. The monoisotopic (exact) mass is 189 g/mol. The highest BCUT2D eigenvalue weighted by Gasteiger charge is 2.07. The van der Waals surface area contributed by atoms with E-state index < -0.39 is 0 Å². The van der Waals surface area contributed by atoms with Gasteiger partial charge in [0.1, 0.15) is 0 Å². The van der Waals surface area contributed by atoms with Crippen LogP contribution in [0.5, 0.6) is 0 Å². The Morgan fingerprint density at radius 3 is 2.93 bits per heavy atom. The SMILES string of the molecule is CC#CCCC(NC)c1ccnnc1. The van der Waals surface area contributed by atoms with Crippen molar-refractivity contribution in [3.8, 4) is 11.8 Å². The summed E-state index contributed by atoms with van der Waals surface area (Å²) < 4.78 is 0. The molecule has 1 atom stereocenters. The highest BCUT2D eigenvalue weighted by Crippen LogP contribution is 2.15. The molecule has 0 fully saturated rings. The van der Waals surface area contributed by atoms with Crippen molar-refractivity contribution in [1.82, 2.24) is 15.5 Å². The summed E-state index contributed by atoms with van der Waals surface area (Å²) >= 11 is 0. The van der Waals surface area contributed by atoms with Crippen molar-refractivity contribution in [2.45, 2.75) is 25.8 Å². The first-order valence-corrected chi connectivity index (χ1v) is 4.72. The Labute approximate surface area is 84.9 Å². The molecule has 0 amide bonds. The van der Waals surface area contributed by atoms with Gasteiger partial charge in [0.05, 0.1) is 6.20 Å². The lowest BCUT2D eigenvalue weighted by Crippen LogP contribution is -2.16. The topological polar surface area (TPSA) is 37.8 Å². The molecule has 0 aliphatic carbocycles. The van der Waals surface area contributed by atoms with Crippen LogP contribution in [0.2, 0.25) is 0 Å². The first-order chi connectivity index (χ1) is 6.88. The zero-order valence-electron chi connectivity index (χ0n) is 8.62. The average molecular weight is 189 g/mol. The van der Waals surface area contributed by atoms with E-state index >= 15 is 0 Å². The molecule has 1 aromatic heterocycles. The van der Waals surface area contributed by atoms with Crippen LogP contribution in [0.3, 0.4) is 0 Å². The second-order valence-electron chi connectivity index (χ2n) is 2.98. The quantitative estimate of drug-likeness (QED) is 0.730. The Balaban J connectivity index is 2.57. The molecule has 14 heavy (non-hydrogen) atoms. The Hall–Kier alpha value is -1.40. The smallest absolute Gasteiger partial charge is 0.0544 e. The van der Waals surface area contributed by atoms with Gasteiger partial charge in [0.2, 0.25) is 0 Å². The molecule has 1 aromatic rings. The van der Waals surface area contributed by atoms with Crippen molar-refractivity contribution in [2.24, 2.45) is 0 Å². The summed E-state index contributed by atoms with van der Waals surface area (Å²) in [6.07, 6.45) is 5.42. The molecule has 3 heteroatoms. The average Bonchev–Trinajstić information content (AvgIpc) is 2.26. The van der Waals surface area contributed by atoms with Gasteiger partial charge in [0, 0.05) is 18.7 Å². The van der Waals surface area contributed by atoms with Gasteiger partial charge < -0.3 is 5.32 Å². The van der Waals surface area contributed by atoms with Crippen LogP contribution >= 0.6 is 0 Å². The number of hydrogen-bond acceptors (Lipinski definition) is 3. The Kier molecular flexibility index (Phi) is 4.66. The molecule has 74 valence electrons. The predicted octanol–water partition coefficient (Wildman–Crippen LogP) is 1.54. The fourth-order valence-electron chi connectivity index (χ4n) is 1.33. The van der Waals surface area contributed by atoms with Crippen LogP contribution in [0.25, 0.3) is 0 Å². The van der Waals surface area contributed by atoms with Crippen LogP contribution in [0.15, 0.2) is 18.5 Å². The predicted molar refractivity (Wildman–Crippen MR) is 56.5 cm³/mol. The van der Waals surface area contributed by atoms with Gasteiger partial charge >= 0.3 is 0 Å². The summed E-state index contributed by atoms with van der Waals surface area (Å²) in [5.41, 5.74) is 1.17. The molecule has 0 aliphatic heterocycles. The molecule has 0 saturated heterocycles. The highest BCUT2D eigenvalue weighted by molar-refractivity contribution is 5.12. The largest absolute Gasteiger partial charge is 0.313 e. The second kappa shape index (κ2) is 6.11. The number of aromatic nitrogens is 2. The third kappa shape index (κ3) is 3.15. The maximum absolute atomic E-state index is 3.86. The molecule has 0 aliphatic rings. The molecule has 0 spiro atoms. The maximum Gasteiger partial charge on any atom is 0.0544 e. The minimum absolute atomic E-state index is 0.325. The van der Waals surface area contributed by atoms with Crippen molar-refractivity contribution in [2.75, 3.05) is 7.05 Å². The number of hydrogen-bond donors (Lipinski definition) is 1. The van der Waals surface area contributed by atoms with Crippen LogP contribution in [-0.4, -0.2) is 17.2 Å².